The fourth-order valence-electron chi connectivity index (χ4n) is 0.884. The molecule has 0 spiro atoms. The molecule has 0 fully saturated rings. The maximum Gasteiger partial charge on any atom is 0.0498 e. The highest BCUT2D eigenvalue weighted by Gasteiger charge is 2.02. The standard InChI is InChI=1S/C8H12N2/c1-10-6-7-4-2-3-5-8(7)9/h2-6,8,10H,9H2,1H3/b7-6-. The van der Waals surface area contributed by atoms with Crippen LogP contribution in [0.25, 0.3) is 0 Å². The second-order valence-corrected chi connectivity index (χ2v) is 2.20. The van der Waals surface area contributed by atoms with Crippen LogP contribution < -0.4 is 11.1 Å². The minimum Gasteiger partial charge on any atom is -0.394 e. The van der Waals surface area contributed by atoms with Gasteiger partial charge in [0.1, 0.15) is 0 Å². The molecule has 54 valence electrons. The van der Waals surface area contributed by atoms with Crippen molar-refractivity contribution in [3.8, 4) is 0 Å². The predicted octanol–water partition coefficient (Wildman–Crippen LogP) is 0.543. The summed E-state index contributed by atoms with van der Waals surface area (Å²) in [4.78, 5) is 0. The predicted molar refractivity (Wildman–Crippen MR) is 43.4 cm³/mol. The summed E-state index contributed by atoms with van der Waals surface area (Å²) in [6.07, 6.45) is 9.80. The topological polar surface area (TPSA) is 38.0 Å². The van der Waals surface area contributed by atoms with Gasteiger partial charge < -0.3 is 11.1 Å². The van der Waals surface area contributed by atoms with Gasteiger partial charge in [-0.1, -0.05) is 24.3 Å². The molecule has 1 atom stereocenters. The number of rotatable bonds is 1. The van der Waals surface area contributed by atoms with E-state index < -0.39 is 0 Å². The first-order valence-corrected chi connectivity index (χ1v) is 3.32. The number of allylic oxidation sites excluding steroid dienone is 2. The van der Waals surface area contributed by atoms with Crippen LogP contribution in [0.5, 0.6) is 0 Å². The Hall–Kier alpha value is -1.02. The second kappa shape index (κ2) is 3.22. The van der Waals surface area contributed by atoms with Gasteiger partial charge in [-0.2, -0.15) is 0 Å². The highest BCUT2D eigenvalue weighted by molar-refractivity contribution is 5.35. The van der Waals surface area contributed by atoms with Crippen molar-refractivity contribution in [3.63, 3.8) is 0 Å². The molecule has 0 aliphatic heterocycles. The van der Waals surface area contributed by atoms with E-state index in [2.05, 4.69) is 5.32 Å². The number of hydrogen-bond donors (Lipinski definition) is 2. The van der Waals surface area contributed by atoms with E-state index in [-0.39, 0.29) is 6.04 Å². The summed E-state index contributed by atoms with van der Waals surface area (Å²) < 4.78 is 0. The Morgan fingerprint density at radius 2 is 2.40 bits per heavy atom. The van der Waals surface area contributed by atoms with Gasteiger partial charge >= 0.3 is 0 Å². The molecule has 1 rings (SSSR count). The lowest BCUT2D eigenvalue weighted by atomic mass is 10.0. The number of nitrogens with one attached hydrogen (secondary N) is 1. The molecule has 0 bridgehead atoms. The van der Waals surface area contributed by atoms with E-state index in [4.69, 9.17) is 5.73 Å². The van der Waals surface area contributed by atoms with Gasteiger partial charge in [-0.05, 0) is 5.57 Å². The van der Waals surface area contributed by atoms with E-state index >= 15 is 0 Å². The molecule has 10 heavy (non-hydrogen) atoms. The Balaban J connectivity index is 2.70. The van der Waals surface area contributed by atoms with E-state index in [1.807, 2.05) is 37.6 Å². The molecule has 0 saturated carbocycles. The maximum atomic E-state index is 5.72. The average Bonchev–Trinajstić information content (AvgIpc) is 1.94. The molecule has 2 nitrogen and oxygen atoms in total. The van der Waals surface area contributed by atoms with E-state index in [0.29, 0.717) is 0 Å². The van der Waals surface area contributed by atoms with Crippen LogP contribution in [-0.4, -0.2) is 13.1 Å². The van der Waals surface area contributed by atoms with Crippen LogP contribution in [0.15, 0.2) is 36.1 Å². The normalized spacial score (nSPS) is 27.4. The van der Waals surface area contributed by atoms with Gasteiger partial charge in [0.2, 0.25) is 0 Å². The second-order valence-electron chi connectivity index (χ2n) is 2.20. The first kappa shape index (κ1) is 7.09. The van der Waals surface area contributed by atoms with E-state index in [9.17, 15) is 0 Å². The molecule has 0 aromatic carbocycles. The molecule has 0 aromatic rings. The average molecular weight is 136 g/mol. The molecule has 0 heterocycles. The Kier molecular flexibility index (Phi) is 2.29. The van der Waals surface area contributed by atoms with Gasteiger partial charge in [0.15, 0.2) is 0 Å². The van der Waals surface area contributed by atoms with Crippen LogP contribution in [0, 0.1) is 0 Å². The zero-order valence-electron chi connectivity index (χ0n) is 6.04. The summed E-state index contributed by atoms with van der Waals surface area (Å²) in [5.41, 5.74) is 6.83. The van der Waals surface area contributed by atoms with E-state index in [1.54, 1.807) is 0 Å². The van der Waals surface area contributed by atoms with Crippen LogP contribution in [-0.2, 0) is 0 Å². The van der Waals surface area contributed by atoms with Gasteiger partial charge in [-0.15, -0.1) is 0 Å². The van der Waals surface area contributed by atoms with Crippen molar-refractivity contribution in [2.75, 3.05) is 7.05 Å². The lowest BCUT2D eigenvalue weighted by Crippen LogP contribution is -2.21. The molecule has 0 amide bonds. The Morgan fingerprint density at radius 1 is 1.60 bits per heavy atom. The fraction of sp³-hybridized carbons (Fsp3) is 0.250. The smallest absolute Gasteiger partial charge is 0.0498 e. The summed E-state index contributed by atoms with van der Waals surface area (Å²) >= 11 is 0. The van der Waals surface area contributed by atoms with E-state index in [0.717, 1.165) is 5.57 Å². The van der Waals surface area contributed by atoms with Crippen LogP contribution in [0.4, 0.5) is 0 Å². The zero-order valence-corrected chi connectivity index (χ0v) is 6.04. The molecular formula is C8H12N2. The third-order valence-corrected chi connectivity index (χ3v) is 1.41. The van der Waals surface area contributed by atoms with Crippen molar-refractivity contribution in [2.24, 2.45) is 5.73 Å². The van der Waals surface area contributed by atoms with Gasteiger partial charge in [-0.3, -0.25) is 0 Å². The van der Waals surface area contributed by atoms with Crippen molar-refractivity contribution < 1.29 is 0 Å². The molecule has 1 aliphatic rings. The lowest BCUT2D eigenvalue weighted by Gasteiger charge is -2.10. The minimum atomic E-state index is 0.0532. The van der Waals surface area contributed by atoms with Crippen LogP contribution in [0.1, 0.15) is 0 Å². The molecular weight excluding hydrogens is 124 g/mol. The number of nitrogens with two attached hydrogens (primary N) is 1. The SMILES string of the molecule is CN/C=C1/C=CC=CC1N. The van der Waals surface area contributed by atoms with Crippen molar-refractivity contribution in [1.82, 2.24) is 5.32 Å². The third kappa shape index (κ3) is 1.48. The van der Waals surface area contributed by atoms with Crippen molar-refractivity contribution >= 4 is 0 Å². The van der Waals surface area contributed by atoms with Gasteiger partial charge in [0.05, 0.1) is 0 Å². The summed E-state index contributed by atoms with van der Waals surface area (Å²) in [5.74, 6) is 0. The highest BCUT2D eigenvalue weighted by atomic mass is 14.8. The van der Waals surface area contributed by atoms with Gasteiger partial charge in [-0.25, -0.2) is 0 Å². The Labute approximate surface area is 61.1 Å². The number of hydrogen-bond acceptors (Lipinski definition) is 2. The van der Waals surface area contributed by atoms with Gasteiger partial charge in [0.25, 0.3) is 0 Å². The maximum absolute atomic E-state index is 5.72. The molecule has 2 heteroatoms. The van der Waals surface area contributed by atoms with Crippen LogP contribution in [0.3, 0.4) is 0 Å². The largest absolute Gasteiger partial charge is 0.394 e. The Bertz CT molecular complexity index is 189. The quantitative estimate of drug-likeness (QED) is 0.552. The zero-order chi connectivity index (χ0) is 7.40. The third-order valence-electron chi connectivity index (χ3n) is 1.41. The van der Waals surface area contributed by atoms with E-state index in [1.165, 1.54) is 0 Å². The summed E-state index contributed by atoms with van der Waals surface area (Å²) in [7, 11) is 1.87. The van der Waals surface area contributed by atoms with Crippen molar-refractivity contribution in [3.05, 3.63) is 36.1 Å². The fourth-order valence-corrected chi connectivity index (χ4v) is 0.884. The molecule has 0 radical (unpaired) electrons. The molecule has 1 aliphatic carbocycles. The van der Waals surface area contributed by atoms with Crippen LogP contribution in [0.2, 0.25) is 0 Å². The monoisotopic (exact) mass is 136 g/mol. The van der Waals surface area contributed by atoms with Crippen molar-refractivity contribution in [2.45, 2.75) is 6.04 Å². The molecule has 3 N–H and O–H groups in total. The first-order valence-electron chi connectivity index (χ1n) is 3.32. The summed E-state index contributed by atoms with van der Waals surface area (Å²) in [5, 5.41) is 2.94. The van der Waals surface area contributed by atoms with Crippen LogP contribution >= 0.6 is 0 Å². The molecule has 0 saturated heterocycles. The molecule has 1 unspecified atom stereocenters. The highest BCUT2D eigenvalue weighted by Crippen LogP contribution is 2.07. The summed E-state index contributed by atoms with van der Waals surface area (Å²) in [6, 6.07) is 0.0532. The first-order chi connectivity index (χ1) is 4.84. The van der Waals surface area contributed by atoms with Gasteiger partial charge in [0, 0.05) is 19.3 Å². The molecule has 0 aromatic heterocycles. The lowest BCUT2D eigenvalue weighted by molar-refractivity contribution is 0.940. The minimum absolute atomic E-state index is 0.0532. The summed E-state index contributed by atoms with van der Waals surface area (Å²) in [6.45, 7) is 0. The Morgan fingerprint density at radius 3 is 3.00 bits per heavy atom. The van der Waals surface area contributed by atoms with Crippen molar-refractivity contribution in [1.29, 1.82) is 0 Å².